The predicted octanol–water partition coefficient (Wildman–Crippen LogP) is 10.2. The average Bonchev–Trinajstić information content (AvgIpc) is 3.23. The molecule has 3 nitrogen and oxygen atoms in total. The number of carbonyl (C=O) groups excluding carboxylic acids is 2. The number of allylic oxidation sites excluding steroid dienone is 1. The molecule has 0 amide bonds. The Hall–Kier alpha value is -5.28. The Morgan fingerprint density at radius 2 is 1.25 bits per heavy atom. The lowest BCUT2D eigenvalue weighted by molar-refractivity contribution is 0.0990. The van der Waals surface area contributed by atoms with Crippen molar-refractivity contribution < 1.29 is 9.59 Å². The van der Waals surface area contributed by atoms with Crippen molar-refractivity contribution in [2.24, 2.45) is 0 Å². The minimum absolute atomic E-state index is 0.205. The molecule has 3 heteroatoms. The first-order chi connectivity index (χ1) is 21.2. The van der Waals surface area contributed by atoms with E-state index >= 15 is 0 Å². The number of nitrogens with zero attached hydrogens (tertiary/aromatic N) is 1. The molecule has 2 aliphatic rings. The Bertz CT molecular complexity index is 2190. The summed E-state index contributed by atoms with van der Waals surface area (Å²) in [7, 11) is 0. The largest absolute Gasteiger partial charge is 0.310 e. The predicted molar refractivity (Wildman–Crippen MR) is 181 cm³/mol. The number of aryl methyl sites for hydroxylation is 2. The second-order valence-electron chi connectivity index (χ2n) is 12.7. The normalized spacial score (nSPS) is 15.0. The zero-order valence-corrected chi connectivity index (χ0v) is 25.2. The number of para-hydroxylation sites is 1. The van der Waals surface area contributed by atoms with Crippen molar-refractivity contribution >= 4 is 56.2 Å². The summed E-state index contributed by atoms with van der Waals surface area (Å²) in [6.45, 7) is 8.90. The molecule has 0 saturated heterocycles. The van der Waals surface area contributed by atoms with Gasteiger partial charge in [0, 0.05) is 22.2 Å². The van der Waals surface area contributed by atoms with Gasteiger partial charge in [0.2, 0.25) is 0 Å². The lowest BCUT2D eigenvalue weighted by Gasteiger charge is -2.43. The van der Waals surface area contributed by atoms with Gasteiger partial charge in [0.05, 0.1) is 16.9 Å². The van der Waals surface area contributed by atoms with Crippen molar-refractivity contribution in [2.75, 3.05) is 4.90 Å². The fourth-order valence-electron chi connectivity index (χ4n) is 7.40. The fourth-order valence-corrected chi connectivity index (χ4v) is 7.40. The fraction of sp³-hybridized carbons (Fsp3) is 0.122. The van der Waals surface area contributed by atoms with Crippen LogP contribution in [0.25, 0.3) is 27.6 Å². The SMILES string of the molecule is Cc1cc(C)cc(N2c3ccccc3C(C)(C)c3c2ccc2cc(C=C4C(=O)c5cc6ccccc6cc5C4=O)ccc32)c1. The minimum Gasteiger partial charge on any atom is -0.310 e. The van der Waals surface area contributed by atoms with Gasteiger partial charge in [0.25, 0.3) is 0 Å². The van der Waals surface area contributed by atoms with E-state index in [0.717, 1.165) is 32.8 Å². The first-order valence-electron chi connectivity index (χ1n) is 15.1. The number of hydrogen-bond donors (Lipinski definition) is 0. The smallest absolute Gasteiger partial charge is 0.197 e. The van der Waals surface area contributed by atoms with Gasteiger partial charge in [-0.25, -0.2) is 0 Å². The average molecular weight is 570 g/mol. The van der Waals surface area contributed by atoms with Gasteiger partial charge in [0.1, 0.15) is 0 Å². The van der Waals surface area contributed by atoms with Crippen molar-refractivity contribution in [1.29, 1.82) is 0 Å². The lowest BCUT2D eigenvalue weighted by atomic mass is 9.71. The number of Topliss-reactive ketones (excluding diaryl/α,β-unsaturated/α-hetero) is 2. The third kappa shape index (κ3) is 3.82. The van der Waals surface area contributed by atoms with Crippen LogP contribution in [0.15, 0.2) is 115 Å². The van der Waals surface area contributed by atoms with Gasteiger partial charge in [-0.05, 0) is 112 Å². The monoisotopic (exact) mass is 569 g/mol. The van der Waals surface area contributed by atoms with Gasteiger partial charge in [0.15, 0.2) is 11.6 Å². The molecule has 1 aliphatic carbocycles. The van der Waals surface area contributed by atoms with Crippen molar-refractivity contribution in [1.82, 2.24) is 0 Å². The van der Waals surface area contributed by atoms with Gasteiger partial charge >= 0.3 is 0 Å². The van der Waals surface area contributed by atoms with E-state index in [1.165, 1.54) is 33.6 Å². The van der Waals surface area contributed by atoms with Crippen LogP contribution in [0.2, 0.25) is 0 Å². The molecule has 0 spiro atoms. The van der Waals surface area contributed by atoms with Crippen molar-refractivity contribution in [3.05, 3.63) is 154 Å². The Morgan fingerprint density at radius 3 is 1.93 bits per heavy atom. The molecule has 8 rings (SSSR count). The Kier molecular flexibility index (Phi) is 5.61. The van der Waals surface area contributed by atoms with Crippen LogP contribution in [0.5, 0.6) is 0 Å². The highest BCUT2D eigenvalue weighted by Gasteiger charge is 2.38. The minimum atomic E-state index is -0.248. The molecule has 6 aromatic rings. The molecule has 44 heavy (non-hydrogen) atoms. The molecule has 0 radical (unpaired) electrons. The summed E-state index contributed by atoms with van der Waals surface area (Å²) >= 11 is 0. The summed E-state index contributed by atoms with van der Waals surface area (Å²) < 4.78 is 0. The molecule has 1 heterocycles. The molecule has 0 fully saturated rings. The van der Waals surface area contributed by atoms with E-state index < -0.39 is 0 Å². The topological polar surface area (TPSA) is 37.4 Å². The number of carbonyl (C=O) groups is 2. The highest BCUT2D eigenvalue weighted by atomic mass is 16.2. The molecular weight excluding hydrogens is 538 g/mol. The summed E-state index contributed by atoms with van der Waals surface area (Å²) in [6.07, 6.45) is 1.76. The van der Waals surface area contributed by atoms with Crippen molar-refractivity contribution in [2.45, 2.75) is 33.1 Å². The molecule has 0 bridgehead atoms. The van der Waals surface area contributed by atoms with E-state index in [1.54, 1.807) is 6.08 Å². The maximum absolute atomic E-state index is 13.4. The Labute approximate surface area is 257 Å². The second kappa shape index (κ2) is 9.36. The molecule has 1 aliphatic heterocycles. The number of anilines is 3. The number of benzene rings is 6. The third-order valence-electron chi connectivity index (χ3n) is 9.35. The summed E-state index contributed by atoms with van der Waals surface area (Å²) in [5, 5.41) is 4.16. The molecule has 0 unspecified atom stereocenters. The van der Waals surface area contributed by atoms with Gasteiger partial charge in [-0.1, -0.05) is 80.6 Å². The van der Waals surface area contributed by atoms with Gasteiger partial charge in [-0.2, -0.15) is 0 Å². The number of hydrogen-bond acceptors (Lipinski definition) is 3. The van der Waals surface area contributed by atoms with Gasteiger partial charge < -0.3 is 4.90 Å². The number of rotatable bonds is 2. The molecule has 0 N–H and O–H groups in total. The molecule has 6 aromatic carbocycles. The van der Waals surface area contributed by atoms with E-state index in [0.29, 0.717) is 11.1 Å². The molecule has 0 atom stereocenters. The highest BCUT2D eigenvalue weighted by Crippen LogP contribution is 2.54. The molecule has 0 aromatic heterocycles. The van der Waals surface area contributed by atoms with E-state index in [-0.39, 0.29) is 22.6 Å². The molecular formula is C41H31NO2. The van der Waals surface area contributed by atoms with Crippen LogP contribution in [-0.4, -0.2) is 11.6 Å². The van der Waals surface area contributed by atoms with Crippen LogP contribution in [-0.2, 0) is 5.41 Å². The van der Waals surface area contributed by atoms with E-state index in [2.05, 4.69) is 99.3 Å². The van der Waals surface area contributed by atoms with E-state index in [1.807, 2.05) is 42.5 Å². The Balaban J connectivity index is 1.27. The Morgan fingerprint density at radius 1 is 0.614 bits per heavy atom. The summed E-state index contributed by atoms with van der Waals surface area (Å²) in [5.41, 5.74) is 10.3. The summed E-state index contributed by atoms with van der Waals surface area (Å²) in [5.74, 6) is -0.411. The van der Waals surface area contributed by atoms with E-state index in [4.69, 9.17) is 0 Å². The van der Waals surface area contributed by atoms with E-state index in [9.17, 15) is 9.59 Å². The summed E-state index contributed by atoms with van der Waals surface area (Å²) in [6, 6.07) is 37.6. The van der Waals surface area contributed by atoms with Crippen LogP contribution in [0.4, 0.5) is 17.1 Å². The maximum Gasteiger partial charge on any atom is 0.197 e. The van der Waals surface area contributed by atoms with Gasteiger partial charge in [-0.15, -0.1) is 0 Å². The van der Waals surface area contributed by atoms with Crippen LogP contribution in [0.1, 0.15) is 62.4 Å². The quantitative estimate of drug-likeness (QED) is 0.154. The third-order valence-corrected chi connectivity index (χ3v) is 9.35. The highest BCUT2D eigenvalue weighted by molar-refractivity contribution is 6.42. The maximum atomic E-state index is 13.4. The van der Waals surface area contributed by atoms with Crippen LogP contribution >= 0.6 is 0 Å². The second-order valence-corrected chi connectivity index (χ2v) is 12.7. The van der Waals surface area contributed by atoms with Crippen LogP contribution in [0, 0.1) is 13.8 Å². The van der Waals surface area contributed by atoms with Crippen LogP contribution < -0.4 is 4.90 Å². The number of fused-ring (bicyclic) bond motifs is 6. The van der Waals surface area contributed by atoms with Crippen molar-refractivity contribution in [3.63, 3.8) is 0 Å². The molecule has 0 saturated carbocycles. The zero-order valence-electron chi connectivity index (χ0n) is 25.2. The molecule has 212 valence electrons. The standard InChI is InChI=1S/C41H31NO2/c1-24-17-25(2)19-30(18-24)42-36-12-8-7-11-35(36)41(3,4)38-31-15-13-26(20-29(31)14-16-37(38)42)21-34-39(43)32-22-27-9-5-6-10-28(27)23-33(32)40(34)44/h5-23H,1-4H3. The first-order valence-corrected chi connectivity index (χ1v) is 15.1. The van der Waals surface area contributed by atoms with Gasteiger partial charge in [-0.3, -0.25) is 9.59 Å². The number of ketones is 2. The zero-order chi connectivity index (χ0) is 30.3. The van der Waals surface area contributed by atoms with Crippen LogP contribution in [0.3, 0.4) is 0 Å². The van der Waals surface area contributed by atoms with Crippen molar-refractivity contribution in [3.8, 4) is 0 Å². The lowest BCUT2D eigenvalue weighted by Crippen LogP contribution is -2.31. The summed E-state index contributed by atoms with van der Waals surface area (Å²) in [4.78, 5) is 29.3. The first kappa shape index (κ1) is 26.4.